The zero-order valence-electron chi connectivity index (χ0n) is 9.15. The van der Waals surface area contributed by atoms with Gasteiger partial charge >= 0.3 is 0 Å². The van der Waals surface area contributed by atoms with Crippen molar-refractivity contribution in [3.05, 3.63) is 11.8 Å². The molecule has 2 rings (SSSR count). The monoisotopic (exact) mass is 244 g/mol. The van der Waals surface area contributed by atoms with Gasteiger partial charge < -0.3 is 4.74 Å². The summed E-state index contributed by atoms with van der Waals surface area (Å²) >= 11 is 0. The number of Topliss-reactive ketones (excluding diaryl/α,β-unsaturated/α-hetero) is 1. The van der Waals surface area contributed by atoms with E-state index in [0.717, 1.165) is 19.3 Å². The molecule has 0 amide bonds. The number of allylic oxidation sites excluding steroid dienone is 2. The van der Waals surface area contributed by atoms with E-state index in [9.17, 15) is 13.2 Å². The third kappa shape index (κ3) is 2.29. The van der Waals surface area contributed by atoms with Gasteiger partial charge in [0.05, 0.1) is 12.4 Å². The van der Waals surface area contributed by atoms with Gasteiger partial charge in [0.25, 0.3) is 0 Å². The quantitative estimate of drug-likeness (QED) is 0.732. The van der Waals surface area contributed by atoms with E-state index in [1.54, 1.807) is 6.08 Å². The maximum absolute atomic E-state index is 12.0. The van der Waals surface area contributed by atoms with Gasteiger partial charge in [0.2, 0.25) is 5.78 Å². The highest BCUT2D eigenvalue weighted by Gasteiger charge is 2.37. The van der Waals surface area contributed by atoms with Crippen molar-refractivity contribution in [1.29, 1.82) is 0 Å². The Kier molecular flexibility index (Phi) is 3.33. The van der Waals surface area contributed by atoms with Crippen molar-refractivity contribution in [2.24, 2.45) is 0 Å². The Morgan fingerprint density at radius 1 is 1.31 bits per heavy atom. The van der Waals surface area contributed by atoms with Crippen LogP contribution in [0.4, 0.5) is 0 Å². The van der Waals surface area contributed by atoms with Crippen molar-refractivity contribution in [2.45, 2.75) is 37.4 Å². The molecule has 16 heavy (non-hydrogen) atoms. The van der Waals surface area contributed by atoms with Crippen molar-refractivity contribution in [1.82, 2.24) is 0 Å². The number of sulfone groups is 1. The van der Waals surface area contributed by atoms with Gasteiger partial charge in [-0.15, -0.1) is 0 Å². The molecule has 2 aliphatic heterocycles. The zero-order chi connectivity index (χ0) is 11.6. The molecule has 0 aliphatic carbocycles. The molecule has 1 unspecified atom stereocenters. The summed E-state index contributed by atoms with van der Waals surface area (Å²) in [7, 11) is -3.24. The SMILES string of the molecule is O=C(C1=CCCCO1)C1CCCCS1(=O)=O. The molecule has 5 heteroatoms. The number of ether oxygens (including phenoxy) is 1. The summed E-state index contributed by atoms with van der Waals surface area (Å²) in [4.78, 5) is 12.0. The Hall–Kier alpha value is -0.840. The van der Waals surface area contributed by atoms with Gasteiger partial charge in [-0.1, -0.05) is 6.42 Å². The average molecular weight is 244 g/mol. The molecule has 0 N–H and O–H groups in total. The van der Waals surface area contributed by atoms with Crippen LogP contribution >= 0.6 is 0 Å². The molecule has 0 bridgehead atoms. The van der Waals surface area contributed by atoms with Crippen molar-refractivity contribution >= 4 is 15.6 Å². The van der Waals surface area contributed by atoms with E-state index in [-0.39, 0.29) is 17.3 Å². The molecule has 0 aromatic carbocycles. The fourth-order valence-corrected chi connectivity index (χ4v) is 4.00. The average Bonchev–Trinajstić information content (AvgIpc) is 2.29. The van der Waals surface area contributed by atoms with Gasteiger partial charge in [-0.2, -0.15) is 0 Å². The summed E-state index contributed by atoms with van der Waals surface area (Å²) in [5.74, 6) is 0.0672. The van der Waals surface area contributed by atoms with Crippen LogP contribution in [0.5, 0.6) is 0 Å². The predicted octanol–water partition coefficient (Wildman–Crippen LogP) is 1.22. The number of rotatable bonds is 2. The molecule has 0 aromatic rings. The first-order valence-corrected chi connectivity index (χ1v) is 7.41. The maximum Gasteiger partial charge on any atom is 0.215 e. The van der Waals surface area contributed by atoms with Crippen LogP contribution in [-0.4, -0.2) is 31.8 Å². The van der Waals surface area contributed by atoms with Crippen LogP contribution in [0.15, 0.2) is 11.8 Å². The first-order chi connectivity index (χ1) is 7.61. The standard InChI is InChI=1S/C11H16O4S/c12-11(9-5-1-3-7-15-9)10-6-2-4-8-16(10,13)14/h5,10H,1-4,6-8H2. The fourth-order valence-electron chi connectivity index (χ4n) is 2.14. The Balaban J connectivity index is 2.17. The Morgan fingerprint density at radius 3 is 2.75 bits per heavy atom. The van der Waals surface area contributed by atoms with Crippen molar-refractivity contribution in [3.63, 3.8) is 0 Å². The molecule has 2 aliphatic rings. The van der Waals surface area contributed by atoms with E-state index in [0.29, 0.717) is 19.4 Å². The summed E-state index contributed by atoms with van der Waals surface area (Å²) in [6, 6.07) is 0. The highest BCUT2D eigenvalue weighted by atomic mass is 32.2. The van der Waals surface area contributed by atoms with Crippen molar-refractivity contribution in [2.75, 3.05) is 12.4 Å². The normalized spacial score (nSPS) is 29.0. The molecule has 0 radical (unpaired) electrons. The van der Waals surface area contributed by atoms with Crippen LogP contribution in [0.1, 0.15) is 32.1 Å². The third-order valence-corrected chi connectivity index (χ3v) is 5.22. The Labute approximate surface area is 95.6 Å². The lowest BCUT2D eigenvalue weighted by Gasteiger charge is -2.23. The smallest absolute Gasteiger partial charge is 0.215 e. The first-order valence-electron chi connectivity index (χ1n) is 5.70. The molecule has 2 heterocycles. The van der Waals surface area contributed by atoms with E-state index in [1.165, 1.54) is 0 Å². The lowest BCUT2D eigenvalue weighted by Crippen LogP contribution is -2.37. The highest BCUT2D eigenvalue weighted by molar-refractivity contribution is 7.92. The van der Waals surface area contributed by atoms with Gasteiger partial charge in [-0.25, -0.2) is 8.42 Å². The minimum Gasteiger partial charge on any atom is -0.490 e. The van der Waals surface area contributed by atoms with Gasteiger partial charge in [-0.05, 0) is 31.8 Å². The van der Waals surface area contributed by atoms with Crippen LogP contribution in [0.25, 0.3) is 0 Å². The fraction of sp³-hybridized carbons (Fsp3) is 0.727. The summed E-state index contributed by atoms with van der Waals surface area (Å²) in [5.41, 5.74) is 0. The third-order valence-electron chi connectivity index (χ3n) is 3.05. The molecular formula is C11H16O4S. The summed E-state index contributed by atoms with van der Waals surface area (Å²) < 4.78 is 28.8. The number of hydrogen-bond donors (Lipinski definition) is 0. The zero-order valence-corrected chi connectivity index (χ0v) is 9.96. The van der Waals surface area contributed by atoms with E-state index in [1.807, 2.05) is 0 Å². The summed E-state index contributed by atoms with van der Waals surface area (Å²) in [6.45, 7) is 0.518. The lowest BCUT2D eigenvalue weighted by molar-refractivity contribution is -0.119. The van der Waals surface area contributed by atoms with E-state index >= 15 is 0 Å². The minimum atomic E-state index is -3.24. The van der Waals surface area contributed by atoms with Gasteiger partial charge in [0.15, 0.2) is 15.6 Å². The Bertz CT molecular complexity index is 408. The molecular weight excluding hydrogens is 228 g/mol. The maximum atomic E-state index is 12.0. The topological polar surface area (TPSA) is 60.4 Å². The number of hydrogen-bond acceptors (Lipinski definition) is 4. The highest BCUT2D eigenvalue weighted by Crippen LogP contribution is 2.24. The molecule has 1 fully saturated rings. The number of carbonyl (C=O) groups is 1. The largest absolute Gasteiger partial charge is 0.490 e. The van der Waals surface area contributed by atoms with Gasteiger partial charge in [0.1, 0.15) is 5.25 Å². The van der Waals surface area contributed by atoms with Crippen molar-refractivity contribution in [3.8, 4) is 0 Å². The van der Waals surface area contributed by atoms with Crippen LogP contribution < -0.4 is 0 Å². The Morgan fingerprint density at radius 2 is 2.12 bits per heavy atom. The van der Waals surface area contributed by atoms with E-state index in [2.05, 4.69) is 0 Å². The van der Waals surface area contributed by atoms with Gasteiger partial charge in [-0.3, -0.25) is 4.79 Å². The number of carbonyl (C=O) groups excluding carboxylic acids is 1. The second-order valence-corrected chi connectivity index (χ2v) is 6.58. The van der Waals surface area contributed by atoms with E-state index in [4.69, 9.17) is 4.74 Å². The molecule has 90 valence electrons. The van der Waals surface area contributed by atoms with Crippen LogP contribution in [0.2, 0.25) is 0 Å². The van der Waals surface area contributed by atoms with Crippen LogP contribution in [0, 0.1) is 0 Å². The predicted molar refractivity (Wildman–Crippen MR) is 59.7 cm³/mol. The molecule has 1 saturated heterocycles. The lowest BCUT2D eigenvalue weighted by atomic mass is 10.1. The summed E-state index contributed by atoms with van der Waals surface area (Å²) in [6.07, 6.45) is 5.34. The van der Waals surface area contributed by atoms with Crippen LogP contribution in [-0.2, 0) is 19.4 Å². The molecule has 4 nitrogen and oxygen atoms in total. The van der Waals surface area contributed by atoms with E-state index < -0.39 is 15.1 Å². The second kappa shape index (κ2) is 4.57. The summed E-state index contributed by atoms with van der Waals surface area (Å²) in [5, 5.41) is -0.856. The molecule has 1 atom stereocenters. The van der Waals surface area contributed by atoms with Gasteiger partial charge in [0, 0.05) is 0 Å². The molecule has 0 aromatic heterocycles. The number of ketones is 1. The minimum absolute atomic E-state index is 0.136. The first kappa shape index (κ1) is 11.6. The van der Waals surface area contributed by atoms with Crippen molar-refractivity contribution < 1.29 is 17.9 Å². The molecule has 0 spiro atoms. The second-order valence-electron chi connectivity index (χ2n) is 4.27. The molecule has 0 saturated carbocycles. The van der Waals surface area contributed by atoms with Crippen LogP contribution in [0.3, 0.4) is 0 Å².